The van der Waals surface area contributed by atoms with Crippen LogP contribution in [0.4, 0.5) is 0 Å². The lowest BCUT2D eigenvalue weighted by Crippen LogP contribution is -2.32. The van der Waals surface area contributed by atoms with E-state index in [2.05, 4.69) is 5.32 Å². The second-order valence-electron chi connectivity index (χ2n) is 3.61. The van der Waals surface area contributed by atoms with E-state index in [-0.39, 0.29) is 18.4 Å². The van der Waals surface area contributed by atoms with Crippen molar-refractivity contribution in [2.75, 3.05) is 26.4 Å². The molecule has 0 unspecified atom stereocenters. The number of amides is 1. The van der Waals surface area contributed by atoms with Crippen molar-refractivity contribution >= 4 is 5.91 Å². The monoisotopic (exact) mass is 201 g/mol. The van der Waals surface area contributed by atoms with Crippen LogP contribution in [0, 0.1) is 5.92 Å². The summed E-state index contributed by atoms with van der Waals surface area (Å²) >= 11 is 0. The van der Waals surface area contributed by atoms with E-state index in [1.165, 1.54) is 12.8 Å². The quantitative estimate of drug-likeness (QED) is 0.608. The van der Waals surface area contributed by atoms with E-state index in [9.17, 15) is 4.79 Å². The molecule has 82 valence electrons. The maximum atomic E-state index is 11.5. The number of hydrogen-bond donors (Lipinski definition) is 2. The molecule has 1 amide bonds. The molecule has 1 fully saturated rings. The van der Waals surface area contributed by atoms with Crippen LogP contribution in [0.5, 0.6) is 0 Å². The van der Waals surface area contributed by atoms with E-state index in [0.29, 0.717) is 19.8 Å². The number of aliphatic hydroxyl groups is 1. The van der Waals surface area contributed by atoms with Gasteiger partial charge in [0.25, 0.3) is 0 Å². The maximum Gasteiger partial charge on any atom is 0.223 e. The van der Waals surface area contributed by atoms with Crippen molar-refractivity contribution < 1.29 is 14.6 Å². The van der Waals surface area contributed by atoms with Crippen molar-refractivity contribution in [2.45, 2.75) is 25.7 Å². The van der Waals surface area contributed by atoms with Gasteiger partial charge in [0.1, 0.15) is 0 Å². The van der Waals surface area contributed by atoms with Gasteiger partial charge in [0, 0.05) is 12.5 Å². The first-order valence-corrected chi connectivity index (χ1v) is 5.31. The Balaban J connectivity index is 1.97. The van der Waals surface area contributed by atoms with Gasteiger partial charge in [0.15, 0.2) is 0 Å². The Morgan fingerprint density at radius 3 is 2.71 bits per heavy atom. The van der Waals surface area contributed by atoms with Crippen LogP contribution in [0.1, 0.15) is 25.7 Å². The fraction of sp³-hybridized carbons (Fsp3) is 0.900. The van der Waals surface area contributed by atoms with Gasteiger partial charge >= 0.3 is 0 Å². The predicted octanol–water partition coefficient (Wildman–Crippen LogP) is 0.302. The summed E-state index contributed by atoms with van der Waals surface area (Å²) < 4.78 is 5.03. The average molecular weight is 201 g/mol. The molecule has 0 aromatic heterocycles. The summed E-state index contributed by atoms with van der Waals surface area (Å²) in [6.45, 7) is 1.42. The highest BCUT2D eigenvalue weighted by atomic mass is 16.5. The third kappa shape index (κ3) is 4.07. The van der Waals surface area contributed by atoms with E-state index in [0.717, 1.165) is 12.8 Å². The van der Waals surface area contributed by atoms with Gasteiger partial charge in [-0.05, 0) is 12.8 Å². The fourth-order valence-corrected chi connectivity index (χ4v) is 1.75. The lowest BCUT2D eigenvalue weighted by molar-refractivity contribution is -0.125. The summed E-state index contributed by atoms with van der Waals surface area (Å²) in [4.78, 5) is 11.5. The average Bonchev–Trinajstić information content (AvgIpc) is 2.70. The van der Waals surface area contributed by atoms with Crippen molar-refractivity contribution in [3.63, 3.8) is 0 Å². The number of hydrogen-bond acceptors (Lipinski definition) is 3. The number of rotatable bonds is 6. The first-order chi connectivity index (χ1) is 6.84. The van der Waals surface area contributed by atoms with Crippen LogP contribution in [0.25, 0.3) is 0 Å². The zero-order chi connectivity index (χ0) is 10.2. The van der Waals surface area contributed by atoms with Gasteiger partial charge in [-0.2, -0.15) is 0 Å². The standard InChI is InChI=1S/C10H19NO3/c12-6-8-14-7-5-11-10(13)9-3-1-2-4-9/h9,12H,1-8H2,(H,11,13). The minimum Gasteiger partial charge on any atom is -0.394 e. The normalized spacial score (nSPS) is 17.2. The molecular formula is C10H19NO3. The Morgan fingerprint density at radius 1 is 1.36 bits per heavy atom. The Morgan fingerprint density at radius 2 is 2.07 bits per heavy atom. The van der Waals surface area contributed by atoms with Gasteiger partial charge in [-0.1, -0.05) is 12.8 Å². The molecule has 0 radical (unpaired) electrons. The Bertz CT molecular complexity index is 167. The Hall–Kier alpha value is -0.610. The smallest absolute Gasteiger partial charge is 0.223 e. The van der Waals surface area contributed by atoms with E-state index in [1.807, 2.05) is 0 Å². The highest BCUT2D eigenvalue weighted by Gasteiger charge is 2.21. The van der Waals surface area contributed by atoms with Crippen LogP contribution >= 0.6 is 0 Å². The lowest BCUT2D eigenvalue weighted by Gasteiger charge is -2.09. The van der Waals surface area contributed by atoms with Crippen LogP contribution < -0.4 is 5.32 Å². The summed E-state index contributed by atoms with van der Waals surface area (Å²) in [6, 6.07) is 0. The third-order valence-electron chi connectivity index (χ3n) is 2.51. The zero-order valence-corrected chi connectivity index (χ0v) is 8.50. The minimum atomic E-state index is 0.0383. The molecule has 1 saturated carbocycles. The second kappa shape index (κ2) is 6.79. The molecule has 1 rings (SSSR count). The molecule has 0 atom stereocenters. The third-order valence-corrected chi connectivity index (χ3v) is 2.51. The minimum absolute atomic E-state index is 0.0383. The van der Waals surface area contributed by atoms with Crippen molar-refractivity contribution in [3.8, 4) is 0 Å². The van der Waals surface area contributed by atoms with Crippen molar-refractivity contribution in [2.24, 2.45) is 5.92 Å². The number of aliphatic hydroxyl groups excluding tert-OH is 1. The number of carbonyl (C=O) groups excluding carboxylic acids is 1. The molecular weight excluding hydrogens is 182 g/mol. The van der Waals surface area contributed by atoms with Gasteiger partial charge in [0.05, 0.1) is 19.8 Å². The summed E-state index contributed by atoms with van der Waals surface area (Å²) in [5, 5.41) is 11.3. The molecule has 2 N–H and O–H groups in total. The highest BCUT2D eigenvalue weighted by molar-refractivity contribution is 5.78. The first-order valence-electron chi connectivity index (χ1n) is 5.31. The molecule has 4 heteroatoms. The highest BCUT2D eigenvalue weighted by Crippen LogP contribution is 2.24. The van der Waals surface area contributed by atoms with Gasteiger partial charge in [-0.25, -0.2) is 0 Å². The van der Waals surface area contributed by atoms with E-state index >= 15 is 0 Å². The summed E-state index contributed by atoms with van der Waals surface area (Å²) in [5.41, 5.74) is 0. The Kier molecular flexibility index (Phi) is 5.56. The van der Waals surface area contributed by atoms with E-state index in [1.54, 1.807) is 0 Å². The van der Waals surface area contributed by atoms with E-state index in [4.69, 9.17) is 9.84 Å². The van der Waals surface area contributed by atoms with Crippen LogP contribution in [0.15, 0.2) is 0 Å². The predicted molar refractivity (Wildman–Crippen MR) is 52.9 cm³/mol. The van der Waals surface area contributed by atoms with Crippen molar-refractivity contribution in [1.82, 2.24) is 5.32 Å². The molecule has 0 bridgehead atoms. The molecule has 0 aliphatic heterocycles. The van der Waals surface area contributed by atoms with Gasteiger partial charge < -0.3 is 15.2 Å². The van der Waals surface area contributed by atoms with Crippen LogP contribution in [0.3, 0.4) is 0 Å². The molecule has 1 aliphatic rings. The Labute approximate surface area is 84.6 Å². The van der Waals surface area contributed by atoms with Gasteiger partial charge in [-0.3, -0.25) is 4.79 Å². The van der Waals surface area contributed by atoms with Crippen molar-refractivity contribution in [3.05, 3.63) is 0 Å². The molecule has 0 saturated heterocycles. The van der Waals surface area contributed by atoms with Crippen LogP contribution in [-0.2, 0) is 9.53 Å². The number of carbonyl (C=O) groups is 1. The zero-order valence-electron chi connectivity index (χ0n) is 8.50. The molecule has 0 spiro atoms. The SMILES string of the molecule is O=C(NCCOCCO)C1CCCC1. The van der Waals surface area contributed by atoms with Gasteiger partial charge in [-0.15, -0.1) is 0 Å². The van der Waals surface area contributed by atoms with Gasteiger partial charge in [0.2, 0.25) is 5.91 Å². The van der Waals surface area contributed by atoms with Crippen molar-refractivity contribution in [1.29, 1.82) is 0 Å². The largest absolute Gasteiger partial charge is 0.394 e. The number of ether oxygens (including phenoxy) is 1. The molecule has 0 aromatic carbocycles. The number of nitrogens with one attached hydrogen (secondary N) is 1. The molecule has 0 heterocycles. The fourth-order valence-electron chi connectivity index (χ4n) is 1.75. The molecule has 1 aliphatic carbocycles. The second-order valence-corrected chi connectivity index (χ2v) is 3.61. The first kappa shape index (κ1) is 11.5. The van der Waals surface area contributed by atoms with Crippen LogP contribution in [-0.4, -0.2) is 37.4 Å². The summed E-state index contributed by atoms with van der Waals surface area (Å²) in [5.74, 6) is 0.392. The molecule has 14 heavy (non-hydrogen) atoms. The summed E-state index contributed by atoms with van der Waals surface area (Å²) in [6.07, 6.45) is 4.42. The van der Waals surface area contributed by atoms with Crippen LogP contribution in [0.2, 0.25) is 0 Å². The lowest BCUT2D eigenvalue weighted by atomic mass is 10.1. The summed E-state index contributed by atoms with van der Waals surface area (Å²) in [7, 11) is 0. The maximum absolute atomic E-state index is 11.5. The topological polar surface area (TPSA) is 58.6 Å². The molecule has 0 aromatic rings. The van der Waals surface area contributed by atoms with E-state index < -0.39 is 0 Å². The molecule has 4 nitrogen and oxygen atoms in total.